The van der Waals surface area contributed by atoms with E-state index in [4.69, 9.17) is 16.2 Å². The van der Waals surface area contributed by atoms with Crippen LogP contribution in [-0.2, 0) is 25.7 Å². The topological polar surface area (TPSA) is 272 Å². The first-order chi connectivity index (χ1) is 22.5. The number of carbonyl (C=O) groups excluding carboxylic acids is 3. The van der Waals surface area contributed by atoms with Gasteiger partial charge >= 0.3 is 5.97 Å². The molecule has 0 radical (unpaired) electrons. The van der Waals surface area contributed by atoms with Crippen molar-refractivity contribution in [2.24, 2.45) is 21.5 Å². The molecular formula is C29H48N10O8. The number of nitro groups is 2. The molecule has 0 unspecified atom stereocenters. The van der Waals surface area contributed by atoms with Gasteiger partial charge in [-0.3, -0.25) is 14.4 Å². The van der Waals surface area contributed by atoms with Crippen molar-refractivity contribution in [1.82, 2.24) is 21.5 Å². The summed E-state index contributed by atoms with van der Waals surface area (Å²) in [7, 11) is 0. The highest BCUT2D eigenvalue weighted by Gasteiger charge is 2.19. The summed E-state index contributed by atoms with van der Waals surface area (Å²) in [6.07, 6.45) is 7.90. The Labute approximate surface area is 273 Å². The monoisotopic (exact) mass is 664 g/mol. The molecule has 0 heterocycles. The summed E-state index contributed by atoms with van der Waals surface area (Å²) in [5.74, 6) is -1.61. The van der Waals surface area contributed by atoms with Gasteiger partial charge in [-0.15, -0.1) is 0 Å². The Balaban J connectivity index is 2.40. The van der Waals surface area contributed by atoms with Gasteiger partial charge in [-0.25, -0.2) is 30.2 Å². The fraction of sp³-hybridized carbons (Fsp3) is 0.621. The van der Waals surface area contributed by atoms with Crippen molar-refractivity contribution in [3.05, 3.63) is 56.1 Å². The van der Waals surface area contributed by atoms with Crippen molar-refractivity contribution >= 4 is 29.7 Å². The number of hydrogen-bond acceptors (Lipinski definition) is 10. The zero-order valence-corrected chi connectivity index (χ0v) is 26.7. The molecule has 0 aliphatic carbocycles. The second-order valence-corrected chi connectivity index (χ2v) is 10.7. The number of amides is 2. The van der Waals surface area contributed by atoms with Gasteiger partial charge in [0.05, 0.1) is 6.42 Å². The summed E-state index contributed by atoms with van der Waals surface area (Å²) in [5, 5.41) is 24.5. The molecule has 0 aromatic heterocycles. The largest absolute Gasteiger partial charge is 0.461 e. The minimum absolute atomic E-state index is 0.0773. The maximum Gasteiger partial charge on any atom is 0.310 e. The first-order valence-corrected chi connectivity index (χ1v) is 15.8. The van der Waals surface area contributed by atoms with E-state index in [1.807, 2.05) is 30.3 Å². The molecule has 0 aliphatic heterocycles. The lowest BCUT2D eigenvalue weighted by atomic mass is 10.1. The molecule has 8 N–H and O–H groups in total. The molecule has 1 aromatic carbocycles. The smallest absolute Gasteiger partial charge is 0.310 e. The fourth-order valence-corrected chi connectivity index (χ4v) is 4.32. The summed E-state index contributed by atoms with van der Waals surface area (Å²) in [6, 6.07) is 9.17. The first-order valence-electron chi connectivity index (χ1n) is 15.8. The minimum atomic E-state index is -0.910. The Morgan fingerprint density at radius 2 is 1.13 bits per heavy atom. The second-order valence-electron chi connectivity index (χ2n) is 10.7. The van der Waals surface area contributed by atoms with Gasteiger partial charge in [0.2, 0.25) is 11.8 Å². The molecule has 0 bridgehead atoms. The highest BCUT2D eigenvalue weighted by atomic mass is 16.7. The van der Waals surface area contributed by atoms with E-state index in [9.17, 15) is 34.6 Å². The molecule has 0 aliphatic rings. The van der Waals surface area contributed by atoms with Crippen LogP contribution in [0.5, 0.6) is 0 Å². The number of hydrazine groups is 2. The van der Waals surface area contributed by atoms with E-state index in [0.717, 1.165) is 56.9 Å². The van der Waals surface area contributed by atoms with Gasteiger partial charge in [0.25, 0.3) is 11.9 Å². The molecule has 1 atom stereocenters. The van der Waals surface area contributed by atoms with Crippen LogP contribution in [0.1, 0.15) is 95.5 Å². The molecule has 0 saturated carbocycles. The standard InChI is InChI=1S/C29H48N10O8/c30-28(36-38(43)44)32-19-13-6-2-1-4-11-17-25(40)34-24(21-27(42)47-22-23-15-9-8-10-16-23)35-26(41)18-12-5-3-7-14-20-33-29(31)37-39(45)46/h8-10,15-16,24H,1-7,11-14,17-22H2,(H,34,40)(H,35,41)(H3,30,32,36)(H3,31,33,37)/t24-/m1/s1. The molecule has 0 fully saturated rings. The average Bonchev–Trinajstić information content (AvgIpc) is 3.00. The Morgan fingerprint density at radius 1 is 0.702 bits per heavy atom. The zero-order chi connectivity index (χ0) is 34.7. The van der Waals surface area contributed by atoms with Gasteiger partial charge < -0.3 is 26.8 Å². The minimum Gasteiger partial charge on any atom is -0.461 e. The molecule has 0 spiro atoms. The lowest BCUT2D eigenvalue weighted by molar-refractivity contribution is -0.525. The molecule has 1 aromatic rings. The number of aliphatic imine (C=N–C) groups is 2. The van der Waals surface area contributed by atoms with Gasteiger partial charge in [-0.2, -0.15) is 0 Å². The van der Waals surface area contributed by atoms with Crippen LogP contribution in [0.25, 0.3) is 0 Å². The average molecular weight is 665 g/mol. The SMILES string of the molecule is NC(=NCCCCCCCCC(=O)N[C@@H](CC(=O)OCc1ccccc1)NC(=O)CCCCCCCN=C(N)N[N+](=O)[O-])N[N+](=O)[O-]. The van der Waals surface area contributed by atoms with Crippen molar-refractivity contribution in [3.63, 3.8) is 0 Å². The molecule has 0 saturated heterocycles. The quantitative estimate of drug-likeness (QED) is 0.0166. The number of unbranched alkanes of at least 4 members (excludes halogenated alkanes) is 9. The number of nitrogens with zero attached hydrogens (tertiary/aromatic N) is 4. The number of esters is 1. The van der Waals surface area contributed by atoms with Crippen LogP contribution < -0.4 is 33.0 Å². The first kappa shape index (κ1) is 40.0. The number of guanidine groups is 2. The molecule has 262 valence electrons. The Hall–Kier alpha value is -5.03. The van der Waals surface area contributed by atoms with Crippen molar-refractivity contribution in [2.45, 2.75) is 103 Å². The molecule has 18 nitrogen and oxygen atoms in total. The number of benzene rings is 1. The number of ether oxygens (including phenoxy) is 1. The van der Waals surface area contributed by atoms with Crippen LogP contribution in [0, 0.1) is 20.2 Å². The molecule has 18 heteroatoms. The van der Waals surface area contributed by atoms with E-state index in [0.29, 0.717) is 32.4 Å². The van der Waals surface area contributed by atoms with Crippen LogP contribution in [0.4, 0.5) is 0 Å². The van der Waals surface area contributed by atoms with Crippen LogP contribution in [0.2, 0.25) is 0 Å². The lowest BCUT2D eigenvalue weighted by Crippen LogP contribution is -2.49. The van der Waals surface area contributed by atoms with E-state index < -0.39 is 22.2 Å². The summed E-state index contributed by atoms with van der Waals surface area (Å²) >= 11 is 0. The van der Waals surface area contributed by atoms with Crippen molar-refractivity contribution in [1.29, 1.82) is 0 Å². The van der Waals surface area contributed by atoms with Gasteiger partial charge in [-0.1, -0.05) is 86.1 Å². The van der Waals surface area contributed by atoms with Crippen molar-refractivity contribution < 1.29 is 29.2 Å². The van der Waals surface area contributed by atoms with Crippen LogP contribution >= 0.6 is 0 Å². The molecule has 2 amide bonds. The van der Waals surface area contributed by atoms with E-state index in [1.165, 1.54) is 0 Å². The summed E-state index contributed by atoms with van der Waals surface area (Å²) in [5.41, 5.74) is 15.1. The van der Waals surface area contributed by atoms with E-state index >= 15 is 0 Å². The lowest BCUT2D eigenvalue weighted by Gasteiger charge is -2.20. The normalized spacial score (nSPS) is 12.1. The van der Waals surface area contributed by atoms with Gasteiger partial charge in [-0.05, 0) is 31.2 Å². The Morgan fingerprint density at radius 3 is 1.57 bits per heavy atom. The third-order valence-corrected chi connectivity index (χ3v) is 6.63. The predicted molar refractivity (Wildman–Crippen MR) is 174 cm³/mol. The van der Waals surface area contributed by atoms with Gasteiger partial charge in [0.15, 0.2) is 10.1 Å². The fourth-order valence-electron chi connectivity index (χ4n) is 4.32. The number of nitrogens with two attached hydrogens (primary N) is 2. The maximum atomic E-state index is 12.6. The number of hydrogen-bond donors (Lipinski definition) is 6. The maximum absolute atomic E-state index is 12.6. The van der Waals surface area contributed by atoms with Crippen LogP contribution in [0.15, 0.2) is 40.3 Å². The number of carbonyl (C=O) groups is 3. The Kier molecular flexibility index (Phi) is 21.4. The van der Waals surface area contributed by atoms with Crippen LogP contribution in [0.3, 0.4) is 0 Å². The van der Waals surface area contributed by atoms with E-state index in [-0.39, 0.29) is 49.6 Å². The molecule has 47 heavy (non-hydrogen) atoms. The number of nitrogens with one attached hydrogen (secondary N) is 4. The summed E-state index contributed by atoms with van der Waals surface area (Å²) < 4.78 is 5.34. The molecular weight excluding hydrogens is 616 g/mol. The number of rotatable bonds is 25. The molecule has 1 rings (SSSR count). The third-order valence-electron chi connectivity index (χ3n) is 6.63. The second kappa shape index (κ2) is 25.2. The summed E-state index contributed by atoms with van der Waals surface area (Å²) in [6.45, 7) is 0.816. The third kappa shape index (κ3) is 23.9. The highest BCUT2D eigenvalue weighted by Crippen LogP contribution is 2.09. The van der Waals surface area contributed by atoms with Gasteiger partial charge in [0, 0.05) is 25.9 Å². The highest BCUT2D eigenvalue weighted by molar-refractivity contribution is 5.81. The van der Waals surface area contributed by atoms with Crippen molar-refractivity contribution in [3.8, 4) is 0 Å². The zero-order valence-electron chi connectivity index (χ0n) is 26.7. The summed E-state index contributed by atoms with van der Waals surface area (Å²) in [4.78, 5) is 66.1. The van der Waals surface area contributed by atoms with E-state index in [2.05, 4.69) is 20.6 Å². The van der Waals surface area contributed by atoms with Crippen LogP contribution in [-0.4, -0.2) is 59.0 Å². The predicted octanol–water partition coefficient (Wildman–Crippen LogP) is 1.94. The van der Waals surface area contributed by atoms with Gasteiger partial charge in [0.1, 0.15) is 12.8 Å². The van der Waals surface area contributed by atoms with E-state index in [1.54, 1.807) is 10.9 Å². The van der Waals surface area contributed by atoms with Crippen molar-refractivity contribution in [2.75, 3.05) is 13.1 Å². The Bertz CT molecular complexity index is 1170.